The first-order chi connectivity index (χ1) is 11.5. The average molecular weight is 345 g/mol. The van der Waals surface area contributed by atoms with E-state index in [0.29, 0.717) is 17.2 Å². The van der Waals surface area contributed by atoms with Gasteiger partial charge in [0.15, 0.2) is 11.5 Å². The van der Waals surface area contributed by atoms with Gasteiger partial charge in [0.05, 0.1) is 26.7 Å². The molecule has 3 rings (SSSR count). The summed E-state index contributed by atoms with van der Waals surface area (Å²) in [5.74, 6) is 3.21. The van der Waals surface area contributed by atoms with E-state index in [2.05, 4.69) is 28.3 Å². The van der Waals surface area contributed by atoms with E-state index in [0.717, 1.165) is 27.5 Å². The Morgan fingerprint density at radius 3 is 2.17 bits per heavy atom. The summed E-state index contributed by atoms with van der Waals surface area (Å²) in [6.45, 7) is 3.94. The Balaban J connectivity index is 2.08. The van der Waals surface area contributed by atoms with Crippen LogP contribution < -0.4 is 19.5 Å². The first kappa shape index (κ1) is 16.3. The molecule has 24 heavy (non-hydrogen) atoms. The molecule has 0 bridgehead atoms. The van der Waals surface area contributed by atoms with Gasteiger partial charge in [-0.1, -0.05) is 0 Å². The molecular weight excluding hydrogens is 326 g/mol. The van der Waals surface area contributed by atoms with Gasteiger partial charge in [-0.3, -0.25) is 0 Å². The zero-order chi connectivity index (χ0) is 17.3. The quantitative estimate of drug-likeness (QED) is 0.752. The summed E-state index contributed by atoms with van der Waals surface area (Å²) in [7, 11) is 4.77. The van der Waals surface area contributed by atoms with Gasteiger partial charge in [0, 0.05) is 22.7 Å². The Labute approximate surface area is 144 Å². The lowest BCUT2D eigenvalue weighted by molar-refractivity contribution is 0.324. The highest BCUT2D eigenvalue weighted by atomic mass is 32.1. The molecule has 0 amide bonds. The lowest BCUT2D eigenvalue weighted by Crippen LogP contribution is -2.00. The molecule has 0 aliphatic carbocycles. The molecule has 2 heterocycles. The lowest BCUT2D eigenvalue weighted by atomic mass is 10.2. The third-order valence-corrected chi connectivity index (χ3v) is 4.50. The molecule has 0 saturated heterocycles. The van der Waals surface area contributed by atoms with Crippen molar-refractivity contribution in [2.45, 2.75) is 13.8 Å². The second-order valence-electron chi connectivity index (χ2n) is 5.23. The molecule has 0 atom stereocenters. The molecule has 0 radical (unpaired) electrons. The highest BCUT2D eigenvalue weighted by Gasteiger charge is 2.15. The van der Waals surface area contributed by atoms with Crippen LogP contribution in [0, 0.1) is 13.8 Å². The number of rotatable bonds is 5. The van der Waals surface area contributed by atoms with Gasteiger partial charge in [0.25, 0.3) is 0 Å². The van der Waals surface area contributed by atoms with Gasteiger partial charge in [-0.05, 0) is 19.9 Å². The van der Waals surface area contributed by atoms with Crippen molar-refractivity contribution in [2.75, 3.05) is 26.6 Å². The number of benzene rings is 1. The van der Waals surface area contributed by atoms with Crippen molar-refractivity contribution in [1.29, 1.82) is 0 Å². The monoisotopic (exact) mass is 345 g/mol. The smallest absolute Gasteiger partial charge is 0.203 e. The fourth-order valence-corrected chi connectivity index (χ4v) is 3.46. The summed E-state index contributed by atoms with van der Waals surface area (Å²) in [6.07, 6.45) is 0. The van der Waals surface area contributed by atoms with Crippen molar-refractivity contribution < 1.29 is 14.2 Å². The van der Waals surface area contributed by atoms with E-state index in [1.54, 1.807) is 32.7 Å². The van der Waals surface area contributed by atoms with Crippen LogP contribution in [0.15, 0.2) is 18.2 Å². The summed E-state index contributed by atoms with van der Waals surface area (Å²) in [4.78, 5) is 11.2. The van der Waals surface area contributed by atoms with Gasteiger partial charge < -0.3 is 19.5 Å². The summed E-state index contributed by atoms with van der Waals surface area (Å²) >= 11 is 1.65. The van der Waals surface area contributed by atoms with Gasteiger partial charge in [-0.2, -0.15) is 0 Å². The number of hydrogen-bond acceptors (Lipinski definition) is 7. The molecule has 2 aromatic heterocycles. The number of nitrogens with zero attached hydrogens (tertiary/aromatic N) is 2. The van der Waals surface area contributed by atoms with E-state index in [1.807, 2.05) is 19.1 Å². The van der Waals surface area contributed by atoms with Crippen LogP contribution in [0.1, 0.15) is 10.7 Å². The molecule has 126 valence electrons. The van der Waals surface area contributed by atoms with E-state index in [9.17, 15) is 0 Å². The molecule has 0 spiro atoms. The standard InChI is InChI=1S/C17H19N3O3S/c1-9-6-12-16(18-10(2)19-17(12)24-9)20-11-7-13(21-3)15(23-5)14(8-11)22-4/h6-8H,1-5H3,(H,18,19,20). The molecule has 0 saturated carbocycles. The summed E-state index contributed by atoms with van der Waals surface area (Å²) in [6, 6.07) is 5.79. The molecule has 1 aromatic carbocycles. The maximum Gasteiger partial charge on any atom is 0.203 e. The number of hydrogen-bond donors (Lipinski definition) is 1. The Hall–Kier alpha value is -2.54. The predicted molar refractivity (Wildman–Crippen MR) is 96.3 cm³/mol. The number of aryl methyl sites for hydroxylation is 2. The number of aromatic nitrogens is 2. The highest BCUT2D eigenvalue weighted by Crippen LogP contribution is 2.41. The molecule has 6 nitrogen and oxygen atoms in total. The third kappa shape index (κ3) is 2.94. The van der Waals surface area contributed by atoms with Crippen LogP contribution in [-0.4, -0.2) is 31.3 Å². The largest absolute Gasteiger partial charge is 0.493 e. The van der Waals surface area contributed by atoms with Crippen LogP contribution in [0.3, 0.4) is 0 Å². The van der Waals surface area contributed by atoms with Gasteiger partial charge >= 0.3 is 0 Å². The summed E-state index contributed by atoms with van der Waals surface area (Å²) in [5, 5.41) is 4.34. The second kappa shape index (κ2) is 6.52. The number of nitrogens with one attached hydrogen (secondary N) is 1. The van der Waals surface area contributed by atoms with Crippen LogP contribution in [0.5, 0.6) is 17.2 Å². The number of methoxy groups -OCH3 is 3. The number of fused-ring (bicyclic) bond motifs is 1. The van der Waals surface area contributed by atoms with Gasteiger partial charge in [0.1, 0.15) is 16.5 Å². The second-order valence-corrected chi connectivity index (χ2v) is 6.47. The Morgan fingerprint density at radius 1 is 0.917 bits per heavy atom. The molecule has 0 unspecified atom stereocenters. The van der Waals surface area contributed by atoms with E-state index in [-0.39, 0.29) is 0 Å². The maximum atomic E-state index is 5.40. The van der Waals surface area contributed by atoms with Crippen LogP contribution >= 0.6 is 11.3 Å². The van der Waals surface area contributed by atoms with Crippen molar-refractivity contribution in [3.8, 4) is 17.2 Å². The topological polar surface area (TPSA) is 65.5 Å². The van der Waals surface area contributed by atoms with Crippen LogP contribution in [0.4, 0.5) is 11.5 Å². The Bertz CT molecular complexity index is 867. The SMILES string of the molecule is COc1cc(Nc2nc(C)nc3sc(C)cc23)cc(OC)c1OC. The fraction of sp³-hybridized carbons (Fsp3) is 0.294. The number of ether oxygens (including phenoxy) is 3. The lowest BCUT2D eigenvalue weighted by Gasteiger charge is -2.15. The van der Waals surface area contributed by atoms with Crippen molar-refractivity contribution in [1.82, 2.24) is 9.97 Å². The van der Waals surface area contributed by atoms with Crippen LogP contribution in [0.25, 0.3) is 10.2 Å². The molecule has 0 fully saturated rings. The Kier molecular flexibility index (Phi) is 4.44. The van der Waals surface area contributed by atoms with Crippen molar-refractivity contribution in [3.63, 3.8) is 0 Å². The minimum atomic E-state index is 0.556. The minimum absolute atomic E-state index is 0.556. The minimum Gasteiger partial charge on any atom is -0.493 e. The van der Waals surface area contributed by atoms with Crippen molar-refractivity contribution in [3.05, 3.63) is 28.9 Å². The molecular formula is C17H19N3O3S. The van der Waals surface area contributed by atoms with E-state index in [1.165, 1.54) is 4.88 Å². The highest BCUT2D eigenvalue weighted by molar-refractivity contribution is 7.18. The van der Waals surface area contributed by atoms with E-state index < -0.39 is 0 Å². The molecule has 1 N–H and O–H groups in total. The van der Waals surface area contributed by atoms with Gasteiger partial charge in [-0.15, -0.1) is 11.3 Å². The van der Waals surface area contributed by atoms with E-state index >= 15 is 0 Å². The van der Waals surface area contributed by atoms with Crippen molar-refractivity contribution >= 4 is 33.1 Å². The maximum absolute atomic E-state index is 5.40. The molecule has 3 aromatic rings. The molecule has 0 aliphatic rings. The molecule has 0 aliphatic heterocycles. The first-order valence-corrected chi connectivity index (χ1v) is 8.19. The zero-order valence-corrected chi connectivity index (χ0v) is 15.1. The Morgan fingerprint density at radius 2 is 1.58 bits per heavy atom. The van der Waals surface area contributed by atoms with Crippen LogP contribution in [0.2, 0.25) is 0 Å². The number of thiophene rings is 1. The summed E-state index contributed by atoms with van der Waals surface area (Å²) < 4.78 is 16.1. The average Bonchev–Trinajstić information content (AvgIpc) is 2.94. The third-order valence-electron chi connectivity index (χ3n) is 3.56. The number of anilines is 2. The van der Waals surface area contributed by atoms with Crippen molar-refractivity contribution in [2.24, 2.45) is 0 Å². The normalized spacial score (nSPS) is 10.7. The molecule has 7 heteroatoms. The summed E-state index contributed by atoms with van der Waals surface area (Å²) in [5.41, 5.74) is 0.799. The first-order valence-electron chi connectivity index (χ1n) is 7.37. The zero-order valence-electron chi connectivity index (χ0n) is 14.3. The van der Waals surface area contributed by atoms with E-state index in [4.69, 9.17) is 14.2 Å². The fourth-order valence-electron chi connectivity index (χ4n) is 2.53. The van der Waals surface area contributed by atoms with Gasteiger partial charge in [-0.25, -0.2) is 9.97 Å². The van der Waals surface area contributed by atoms with Gasteiger partial charge in [0.2, 0.25) is 5.75 Å². The predicted octanol–water partition coefficient (Wildman–Crippen LogP) is 4.08. The van der Waals surface area contributed by atoms with Crippen LogP contribution in [-0.2, 0) is 0 Å².